The van der Waals surface area contributed by atoms with Gasteiger partial charge in [0.2, 0.25) is 0 Å². The van der Waals surface area contributed by atoms with Gasteiger partial charge in [-0.2, -0.15) is 0 Å². The van der Waals surface area contributed by atoms with E-state index in [1.165, 1.54) is 18.3 Å². The van der Waals surface area contributed by atoms with E-state index in [2.05, 4.69) is 10.3 Å². The molecule has 3 rings (SSSR count). The van der Waals surface area contributed by atoms with Crippen molar-refractivity contribution in [2.75, 3.05) is 11.6 Å². The number of anilines is 1. The van der Waals surface area contributed by atoms with Crippen molar-refractivity contribution in [3.8, 4) is 0 Å². The third-order valence-corrected chi connectivity index (χ3v) is 5.11. The third kappa shape index (κ3) is 4.48. The second kappa shape index (κ2) is 7.55. The minimum atomic E-state index is -3.35. The Morgan fingerprint density at radius 3 is 2.30 bits per heavy atom. The zero-order chi connectivity index (χ0) is 19.4. The van der Waals surface area contributed by atoms with Crippen LogP contribution in [0.2, 0.25) is 0 Å². The van der Waals surface area contributed by atoms with Gasteiger partial charge in [-0.05, 0) is 29.3 Å². The molecule has 2 aromatic carbocycles. The van der Waals surface area contributed by atoms with Gasteiger partial charge < -0.3 is 5.32 Å². The van der Waals surface area contributed by atoms with Crippen LogP contribution >= 0.6 is 0 Å². The molecule has 0 radical (unpaired) electrons. The number of benzene rings is 2. The minimum Gasteiger partial charge on any atom is -0.359 e. The summed E-state index contributed by atoms with van der Waals surface area (Å²) in [5.41, 5.74) is 1.54. The largest absolute Gasteiger partial charge is 0.359 e. The molecule has 0 aliphatic heterocycles. The van der Waals surface area contributed by atoms with Gasteiger partial charge in [-0.25, -0.2) is 13.4 Å². The van der Waals surface area contributed by atoms with Crippen LogP contribution in [0.25, 0.3) is 0 Å². The number of pyridine rings is 1. The van der Waals surface area contributed by atoms with Crippen molar-refractivity contribution in [2.24, 2.45) is 0 Å². The van der Waals surface area contributed by atoms with E-state index in [1.807, 2.05) is 36.4 Å². The number of rotatable bonds is 6. The summed E-state index contributed by atoms with van der Waals surface area (Å²) in [4.78, 5) is 14.6. The number of hydrogen-bond acceptors (Lipinski definition) is 6. The summed E-state index contributed by atoms with van der Waals surface area (Å²) in [5.74, 6) is 0.444. The molecule has 8 heteroatoms. The molecule has 1 heterocycles. The lowest BCUT2D eigenvalue weighted by molar-refractivity contribution is -0.385. The Bertz CT molecular complexity index is 1050. The van der Waals surface area contributed by atoms with Crippen LogP contribution in [-0.2, 0) is 9.84 Å². The van der Waals surface area contributed by atoms with Crippen molar-refractivity contribution >= 4 is 21.3 Å². The normalized spacial score (nSPS) is 12.3. The summed E-state index contributed by atoms with van der Waals surface area (Å²) in [6.45, 7) is 0. The van der Waals surface area contributed by atoms with Crippen molar-refractivity contribution in [1.29, 1.82) is 0 Å². The van der Waals surface area contributed by atoms with Gasteiger partial charge in [0.05, 0.1) is 15.9 Å². The van der Waals surface area contributed by atoms with Gasteiger partial charge in [0.25, 0.3) is 5.69 Å². The van der Waals surface area contributed by atoms with Crippen LogP contribution in [0.4, 0.5) is 11.5 Å². The van der Waals surface area contributed by atoms with Crippen LogP contribution in [0.15, 0.2) is 77.8 Å². The highest BCUT2D eigenvalue weighted by Crippen LogP contribution is 2.28. The Hall–Kier alpha value is -3.26. The molecule has 0 bridgehead atoms. The first kappa shape index (κ1) is 18.5. The highest BCUT2D eigenvalue weighted by molar-refractivity contribution is 7.90. The molecule has 0 aliphatic carbocycles. The second-order valence-corrected chi connectivity index (χ2v) is 8.01. The molecule has 0 fully saturated rings. The predicted octanol–water partition coefficient (Wildman–Crippen LogP) is 3.59. The summed E-state index contributed by atoms with van der Waals surface area (Å²) < 4.78 is 23.8. The van der Waals surface area contributed by atoms with E-state index in [4.69, 9.17) is 0 Å². The predicted molar refractivity (Wildman–Crippen MR) is 102 cm³/mol. The van der Waals surface area contributed by atoms with E-state index < -0.39 is 14.8 Å². The number of aromatic nitrogens is 1. The van der Waals surface area contributed by atoms with Crippen LogP contribution in [-0.4, -0.2) is 24.6 Å². The Balaban J connectivity index is 2.01. The monoisotopic (exact) mass is 383 g/mol. The first-order chi connectivity index (χ1) is 12.8. The molecule has 0 aliphatic rings. The smallest absolute Gasteiger partial charge is 0.287 e. The van der Waals surface area contributed by atoms with E-state index in [1.54, 1.807) is 18.2 Å². The van der Waals surface area contributed by atoms with E-state index >= 15 is 0 Å². The summed E-state index contributed by atoms with van der Waals surface area (Å²) in [6.07, 6.45) is 2.34. The fraction of sp³-hybridized carbons (Fsp3) is 0.105. The molecule has 0 saturated heterocycles. The molecule has 1 unspecified atom stereocenters. The van der Waals surface area contributed by atoms with E-state index in [-0.39, 0.29) is 16.6 Å². The van der Waals surface area contributed by atoms with Gasteiger partial charge in [-0.1, -0.05) is 42.5 Å². The fourth-order valence-electron chi connectivity index (χ4n) is 2.66. The van der Waals surface area contributed by atoms with Crippen LogP contribution in [0.3, 0.4) is 0 Å². The number of nitrogens with one attached hydrogen (secondary N) is 1. The lowest BCUT2D eigenvalue weighted by Crippen LogP contribution is -2.14. The number of hydrogen-bond donors (Lipinski definition) is 1. The zero-order valence-electron chi connectivity index (χ0n) is 14.4. The molecule has 0 spiro atoms. The average molecular weight is 383 g/mol. The average Bonchev–Trinajstić information content (AvgIpc) is 2.66. The van der Waals surface area contributed by atoms with Crippen LogP contribution in [0.5, 0.6) is 0 Å². The van der Waals surface area contributed by atoms with Crippen molar-refractivity contribution in [2.45, 2.75) is 10.9 Å². The summed E-state index contributed by atoms with van der Waals surface area (Å²) in [6, 6.07) is 18.7. The standard InChI is InChI=1S/C19H17N3O4S/c1-27(25,26)17-9-5-8-15(12-17)19(14-6-3-2-4-7-14)21-18-11-10-16(13-20-18)22(23)24/h2-13,19H,1H3,(H,20,21). The molecule has 0 amide bonds. The first-order valence-electron chi connectivity index (χ1n) is 8.06. The van der Waals surface area contributed by atoms with Gasteiger partial charge >= 0.3 is 0 Å². The van der Waals surface area contributed by atoms with Crippen molar-refractivity contribution in [1.82, 2.24) is 4.98 Å². The number of nitrogens with zero attached hydrogens (tertiary/aromatic N) is 2. The Labute approximate surface area is 156 Å². The molecule has 27 heavy (non-hydrogen) atoms. The molecule has 3 aromatic rings. The summed E-state index contributed by atoms with van der Waals surface area (Å²) in [7, 11) is -3.35. The topological polar surface area (TPSA) is 102 Å². The highest BCUT2D eigenvalue weighted by atomic mass is 32.2. The van der Waals surface area contributed by atoms with Crippen LogP contribution < -0.4 is 5.32 Å². The van der Waals surface area contributed by atoms with Crippen molar-refractivity contribution in [3.63, 3.8) is 0 Å². The highest BCUT2D eigenvalue weighted by Gasteiger charge is 2.17. The van der Waals surface area contributed by atoms with Crippen LogP contribution in [0, 0.1) is 10.1 Å². The van der Waals surface area contributed by atoms with E-state index in [0.29, 0.717) is 5.82 Å². The minimum absolute atomic E-state index is 0.101. The molecule has 138 valence electrons. The van der Waals surface area contributed by atoms with E-state index in [0.717, 1.165) is 17.4 Å². The maximum absolute atomic E-state index is 11.9. The molecule has 1 N–H and O–H groups in total. The summed E-state index contributed by atoms with van der Waals surface area (Å²) >= 11 is 0. The number of nitro groups is 1. The summed E-state index contributed by atoms with van der Waals surface area (Å²) in [5, 5.41) is 14.0. The first-order valence-corrected chi connectivity index (χ1v) is 9.96. The van der Waals surface area contributed by atoms with Gasteiger partial charge in [-0.3, -0.25) is 10.1 Å². The van der Waals surface area contributed by atoms with E-state index in [9.17, 15) is 18.5 Å². The molecular formula is C19H17N3O4S. The maximum atomic E-state index is 11.9. The lowest BCUT2D eigenvalue weighted by atomic mass is 9.99. The SMILES string of the molecule is CS(=O)(=O)c1cccc(C(Nc2ccc([N+](=O)[O-])cn2)c2ccccc2)c1. The Morgan fingerprint density at radius 1 is 1.00 bits per heavy atom. The number of sulfone groups is 1. The Kier molecular flexibility index (Phi) is 5.18. The van der Waals surface area contributed by atoms with Gasteiger partial charge in [0.1, 0.15) is 12.0 Å². The van der Waals surface area contributed by atoms with Crippen molar-refractivity contribution in [3.05, 3.63) is 94.2 Å². The molecule has 1 aromatic heterocycles. The Morgan fingerprint density at radius 2 is 1.70 bits per heavy atom. The molecule has 7 nitrogen and oxygen atoms in total. The maximum Gasteiger partial charge on any atom is 0.287 e. The fourth-order valence-corrected chi connectivity index (χ4v) is 3.33. The molecule has 0 saturated carbocycles. The van der Waals surface area contributed by atoms with Gasteiger partial charge in [0, 0.05) is 12.3 Å². The molecular weight excluding hydrogens is 366 g/mol. The van der Waals surface area contributed by atoms with Crippen LogP contribution in [0.1, 0.15) is 17.2 Å². The van der Waals surface area contributed by atoms with Gasteiger partial charge in [-0.15, -0.1) is 0 Å². The van der Waals surface area contributed by atoms with Gasteiger partial charge in [0.15, 0.2) is 9.84 Å². The lowest BCUT2D eigenvalue weighted by Gasteiger charge is -2.21. The quantitative estimate of drug-likeness (QED) is 0.515. The second-order valence-electron chi connectivity index (χ2n) is 5.99. The third-order valence-electron chi connectivity index (χ3n) is 4.00. The molecule has 1 atom stereocenters. The van der Waals surface area contributed by atoms with Crippen molar-refractivity contribution < 1.29 is 13.3 Å². The zero-order valence-corrected chi connectivity index (χ0v) is 15.3.